The van der Waals surface area contributed by atoms with E-state index in [0.717, 1.165) is 0 Å². The lowest BCUT2D eigenvalue weighted by Crippen LogP contribution is -2.36. The van der Waals surface area contributed by atoms with Gasteiger partial charge in [0.05, 0.1) is 24.1 Å². The molecule has 0 saturated carbocycles. The highest BCUT2D eigenvalue weighted by molar-refractivity contribution is 7.92. The van der Waals surface area contributed by atoms with E-state index in [2.05, 4.69) is 0 Å². The Morgan fingerprint density at radius 1 is 1.50 bits per heavy atom. The van der Waals surface area contributed by atoms with Gasteiger partial charge in [0, 0.05) is 7.11 Å². The summed E-state index contributed by atoms with van der Waals surface area (Å²) in [6.07, 6.45) is -0.448. The van der Waals surface area contributed by atoms with Crippen LogP contribution in [0.25, 0.3) is 0 Å². The smallest absolute Gasteiger partial charge is 0.312 e. The van der Waals surface area contributed by atoms with Crippen molar-refractivity contribution in [1.29, 1.82) is 0 Å². The molecule has 0 saturated heterocycles. The molecule has 1 N–H and O–H groups in total. The molecule has 1 aliphatic heterocycles. The van der Waals surface area contributed by atoms with Crippen LogP contribution in [-0.2, 0) is 19.6 Å². The Labute approximate surface area is 118 Å². The molecule has 7 heteroatoms. The first-order valence-electron chi connectivity index (χ1n) is 6.21. The number of anilines is 1. The summed E-state index contributed by atoms with van der Waals surface area (Å²) in [4.78, 5) is 11.3. The molecule has 1 aliphatic rings. The van der Waals surface area contributed by atoms with E-state index in [0.29, 0.717) is 11.3 Å². The lowest BCUT2D eigenvalue weighted by Gasteiger charge is -2.21. The Kier molecular flexibility index (Phi) is 4.01. The van der Waals surface area contributed by atoms with Gasteiger partial charge in [0.2, 0.25) is 10.0 Å². The number of methoxy groups -OCH3 is 1. The lowest BCUT2D eigenvalue weighted by atomic mass is 10.0. The number of fused-ring (bicyclic) bond motifs is 1. The number of nitrogens with zero attached hydrogens (tertiary/aromatic N) is 1. The molecule has 0 amide bonds. The number of benzene rings is 1. The molecule has 1 aromatic rings. The van der Waals surface area contributed by atoms with Gasteiger partial charge in [-0.25, -0.2) is 8.42 Å². The van der Waals surface area contributed by atoms with Crippen LogP contribution in [0.3, 0.4) is 0 Å². The number of rotatable bonds is 5. The van der Waals surface area contributed by atoms with Crippen LogP contribution in [-0.4, -0.2) is 45.0 Å². The van der Waals surface area contributed by atoms with E-state index in [1.54, 1.807) is 31.2 Å². The highest BCUT2D eigenvalue weighted by Crippen LogP contribution is 2.38. The molecule has 0 radical (unpaired) electrons. The minimum atomic E-state index is -3.61. The van der Waals surface area contributed by atoms with Gasteiger partial charge in [0.25, 0.3) is 0 Å². The number of sulfonamides is 1. The Hall–Kier alpha value is -1.60. The summed E-state index contributed by atoms with van der Waals surface area (Å²) in [5.41, 5.74) is 0.983. The molecule has 110 valence electrons. The van der Waals surface area contributed by atoms with Gasteiger partial charge in [-0.05, 0) is 18.6 Å². The summed E-state index contributed by atoms with van der Waals surface area (Å²) < 4.78 is 30.9. The Morgan fingerprint density at radius 2 is 2.15 bits per heavy atom. The van der Waals surface area contributed by atoms with Gasteiger partial charge in [-0.3, -0.25) is 9.10 Å². The number of carboxylic acids is 1. The van der Waals surface area contributed by atoms with Crippen LogP contribution in [0.5, 0.6) is 0 Å². The van der Waals surface area contributed by atoms with Crippen LogP contribution in [0.4, 0.5) is 5.69 Å². The zero-order chi connectivity index (χ0) is 14.9. The van der Waals surface area contributed by atoms with E-state index < -0.39 is 28.0 Å². The predicted octanol–water partition coefficient (Wildman–Crippen LogP) is 1.04. The van der Waals surface area contributed by atoms with Crippen LogP contribution >= 0.6 is 0 Å². The molecule has 1 aromatic carbocycles. The molecule has 0 aliphatic carbocycles. The first-order chi connectivity index (χ1) is 9.36. The maximum atomic E-state index is 12.4. The molecule has 1 heterocycles. The summed E-state index contributed by atoms with van der Waals surface area (Å²) in [5, 5.41) is 9.23. The van der Waals surface area contributed by atoms with E-state index in [-0.39, 0.29) is 12.3 Å². The molecular weight excluding hydrogens is 282 g/mol. The van der Waals surface area contributed by atoms with Gasteiger partial charge in [-0.15, -0.1) is 0 Å². The number of carbonyl (C=O) groups is 1. The van der Waals surface area contributed by atoms with Crippen LogP contribution in [0.1, 0.15) is 18.4 Å². The number of hydrogen-bond donors (Lipinski definition) is 1. The maximum absolute atomic E-state index is 12.4. The minimum Gasteiger partial charge on any atom is -0.481 e. The zero-order valence-electron chi connectivity index (χ0n) is 11.3. The molecule has 6 nitrogen and oxygen atoms in total. The van der Waals surface area contributed by atoms with Crippen molar-refractivity contribution >= 4 is 21.7 Å². The number of ether oxygens (including phenoxy) is 1. The molecule has 0 fully saturated rings. The van der Waals surface area contributed by atoms with E-state index in [1.807, 2.05) is 0 Å². The van der Waals surface area contributed by atoms with Crippen molar-refractivity contribution in [3.05, 3.63) is 29.8 Å². The largest absolute Gasteiger partial charge is 0.481 e. The van der Waals surface area contributed by atoms with Crippen molar-refractivity contribution in [1.82, 2.24) is 0 Å². The van der Waals surface area contributed by atoms with Crippen molar-refractivity contribution in [3.63, 3.8) is 0 Å². The summed E-state index contributed by atoms with van der Waals surface area (Å²) in [6, 6.07) is 6.70. The molecule has 0 unspecified atom stereocenters. The third-order valence-electron chi connectivity index (χ3n) is 3.41. The van der Waals surface area contributed by atoms with Crippen molar-refractivity contribution in [2.45, 2.75) is 18.9 Å². The predicted molar refractivity (Wildman–Crippen MR) is 74.4 cm³/mol. The first-order valence-corrected chi connectivity index (χ1v) is 7.82. The summed E-state index contributed by atoms with van der Waals surface area (Å²) in [5.74, 6) is -2.02. The van der Waals surface area contributed by atoms with Crippen LogP contribution < -0.4 is 4.31 Å². The molecular formula is C13H17NO5S. The average Bonchev–Trinajstić information content (AvgIpc) is 2.78. The molecule has 20 heavy (non-hydrogen) atoms. The maximum Gasteiger partial charge on any atom is 0.312 e. The normalized spacial score (nSPS) is 19.7. The van der Waals surface area contributed by atoms with Gasteiger partial charge in [0.15, 0.2) is 0 Å². The highest BCUT2D eigenvalue weighted by atomic mass is 32.2. The van der Waals surface area contributed by atoms with Gasteiger partial charge in [-0.1, -0.05) is 18.2 Å². The van der Waals surface area contributed by atoms with Crippen LogP contribution in [0.2, 0.25) is 0 Å². The Balaban J connectivity index is 2.38. The molecule has 2 rings (SSSR count). The molecule has 0 aromatic heterocycles. The van der Waals surface area contributed by atoms with E-state index in [1.165, 1.54) is 11.4 Å². The number of para-hydroxylation sites is 1. The average molecular weight is 299 g/mol. The lowest BCUT2D eigenvalue weighted by molar-refractivity contribution is -0.138. The fourth-order valence-corrected chi connectivity index (χ4v) is 4.05. The van der Waals surface area contributed by atoms with Crippen molar-refractivity contribution in [3.8, 4) is 0 Å². The quantitative estimate of drug-likeness (QED) is 0.878. The van der Waals surface area contributed by atoms with Crippen LogP contribution in [0.15, 0.2) is 24.3 Å². The highest BCUT2D eigenvalue weighted by Gasteiger charge is 2.39. The molecule has 0 bridgehead atoms. The zero-order valence-corrected chi connectivity index (χ0v) is 12.1. The van der Waals surface area contributed by atoms with Crippen molar-refractivity contribution < 1.29 is 23.1 Å². The third kappa shape index (κ3) is 2.64. The standard InChI is InChI=1S/C13H17NO5S/c1-9(19-2)8-20(17,18)14-7-11(13(15)16)10-5-3-4-6-12(10)14/h3-6,9,11H,7-8H2,1-2H3,(H,15,16)/t9-,11-/m1/s1. The van der Waals surface area contributed by atoms with Gasteiger partial charge in [0.1, 0.15) is 5.92 Å². The fraction of sp³-hybridized carbons (Fsp3) is 0.462. The second-order valence-corrected chi connectivity index (χ2v) is 6.74. The number of hydrogen-bond acceptors (Lipinski definition) is 4. The second-order valence-electron chi connectivity index (χ2n) is 4.81. The summed E-state index contributed by atoms with van der Waals surface area (Å²) in [6.45, 7) is 1.60. The summed E-state index contributed by atoms with van der Waals surface area (Å²) in [7, 11) is -2.16. The van der Waals surface area contributed by atoms with E-state index in [9.17, 15) is 18.3 Å². The number of carboxylic acid groups (broad SMARTS) is 1. The molecule has 0 spiro atoms. The number of aliphatic carboxylic acids is 1. The van der Waals surface area contributed by atoms with Crippen molar-refractivity contribution in [2.24, 2.45) is 0 Å². The minimum absolute atomic E-state index is 0.0621. The fourth-order valence-electron chi connectivity index (χ4n) is 2.30. The molecule has 2 atom stereocenters. The van der Waals surface area contributed by atoms with Gasteiger partial charge < -0.3 is 9.84 Å². The van der Waals surface area contributed by atoms with Crippen molar-refractivity contribution in [2.75, 3.05) is 23.7 Å². The second kappa shape index (κ2) is 5.41. The Bertz CT molecular complexity index is 613. The Morgan fingerprint density at radius 3 is 2.75 bits per heavy atom. The summed E-state index contributed by atoms with van der Waals surface area (Å²) >= 11 is 0. The third-order valence-corrected chi connectivity index (χ3v) is 5.32. The monoisotopic (exact) mass is 299 g/mol. The van der Waals surface area contributed by atoms with Crippen LogP contribution in [0, 0.1) is 0 Å². The first kappa shape index (κ1) is 14.8. The van der Waals surface area contributed by atoms with Gasteiger partial charge >= 0.3 is 5.97 Å². The van der Waals surface area contributed by atoms with E-state index in [4.69, 9.17) is 4.74 Å². The van der Waals surface area contributed by atoms with Gasteiger partial charge in [-0.2, -0.15) is 0 Å². The topological polar surface area (TPSA) is 83.9 Å². The van der Waals surface area contributed by atoms with E-state index >= 15 is 0 Å². The SMILES string of the molecule is CO[C@H](C)CS(=O)(=O)N1C[C@@H](C(=O)O)c2ccccc21.